The fraction of sp³-hybridized carbons (Fsp3) is 0.412. The highest BCUT2D eigenvalue weighted by Crippen LogP contribution is 2.20. The fourth-order valence-corrected chi connectivity index (χ4v) is 2.33. The van der Waals surface area contributed by atoms with Gasteiger partial charge in [0.25, 0.3) is 5.91 Å². The van der Waals surface area contributed by atoms with Crippen molar-refractivity contribution in [2.75, 3.05) is 6.61 Å². The number of carbonyl (C=O) groups is 1. The van der Waals surface area contributed by atoms with Gasteiger partial charge >= 0.3 is 0 Å². The summed E-state index contributed by atoms with van der Waals surface area (Å²) in [6.45, 7) is 6.16. The van der Waals surface area contributed by atoms with Crippen molar-refractivity contribution >= 4 is 5.91 Å². The minimum atomic E-state index is -0.253. The SMILES string of the molecule is CC(C)(C)CC(CO)NC(=O)c1ccc(-n2cccc2)nc1. The van der Waals surface area contributed by atoms with Crippen LogP contribution in [-0.2, 0) is 0 Å². The van der Waals surface area contributed by atoms with Crippen LogP contribution in [0.2, 0.25) is 0 Å². The molecule has 1 atom stereocenters. The van der Waals surface area contributed by atoms with Crippen LogP contribution in [0.25, 0.3) is 5.82 Å². The van der Waals surface area contributed by atoms with Crippen LogP contribution in [-0.4, -0.2) is 33.2 Å². The molecule has 0 spiro atoms. The van der Waals surface area contributed by atoms with E-state index >= 15 is 0 Å². The maximum Gasteiger partial charge on any atom is 0.253 e. The minimum absolute atomic E-state index is 0.0389. The Hall–Kier alpha value is -2.14. The molecule has 0 radical (unpaired) electrons. The van der Waals surface area contributed by atoms with Gasteiger partial charge in [-0.1, -0.05) is 20.8 Å². The standard InChI is InChI=1S/C17H23N3O2/c1-17(2,3)10-14(12-21)19-16(22)13-6-7-15(18-11-13)20-8-4-5-9-20/h4-9,11,14,21H,10,12H2,1-3H3,(H,19,22). The van der Waals surface area contributed by atoms with Crippen LogP contribution in [0, 0.1) is 5.41 Å². The van der Waals surface area contributed by atoms with Crippen molar-refractivity contribution in [3.8, 4) is 5.82 Å². The Morgan fingerprint density at radius 1 is 1.32 bits per heavy atom. The number of hydrogen-bond donors (Lipinski definition) is 2. The number of aliphatic hydroxyl groups excluding tert-OH is 1. The van der Waals surface area contributed by atoms with Gasteiger partial charge in [-0.2, -0.15) is 0 Å². The first-order chi connectivity index (χ1) is 10.4. The number of aliphatic hydroxyl groups is 1. The number of aromatic nitrogens is 2. The van der Waals surface area contributed by atoms with E-state index in [-0.39, 0.29) is 24.0 Å². The van der Waals surface area contributed by atoms with Crippen molar-refractivity contribution in [1.29, 1.82) is 0 Å². The minimum Gasteiger partial charge on any atom is -0.394 e. The third-order valence-electron chi connectivity index (χ3n) is 3.29. The molecule has 2 N–H and O–H groups in total. The molecule has 0 saturated carbocycles. The largest absolute Gasteiger partial charge is 0.394 e. The fourth-order valence-electron chi connectivity index (χ4n) is 2.33. The highest BCUT2D eigenvalue weighted by atomic mass is 16.3. The van der Waals surface area contributed by atoms with Gasteiger partial charge in [0.05, 0.1) is 18.2 Å². The first-order valence-corrected chi connectivity index (χ1v) is 7.40. The van der Waals surface area contributed by atoms with E-state index in [0.29, 0.717) is 12.0 Å². The molecule has 0 aliphatic carbocycles. The second kappa shape index (κ2) is 6.75. The summed E-state index contributed by atoms with van der Waals surface area (Å²) in [6, 6.07) is 7.12. The lowest BCUT2D eigenvalue weighted by Crippen LogP contribution is -2.40. The number of pyridine rings is 1. The molecule has 1 amide bonds. The summed E-state index contributed by atoms with van der Waals surface area (Å²) < 4.78 is 1.87. The van der Waals surface area contributed by atoms with Crippen LogP contribution in [0.3, 0.4) is 0 Å². The number of nitrogens with one attached hydrogen (secondary N) is 1. The zero-order valence-electron chi connectivity index (χ0n) is 13.3. The highest BCUT2D eigenvalue weighted by Gasteiger charge is 2.20. The molecule has 2 aromatic heterocycles. The van der Waals surface area contributed by atoms with Crippen molar-refractivity contribution in [2.24, 2.45) is 5.41 Å². The van der Waals surface area contributed by atoms with Gasteiger partial charge < -0.3 is 15.0 Å². The lowest BCUT2D eigenvalue weighted by molar-refractivity contribution is 0.0897. The van der Waals surface area contributed by atoms with Gasteiger partial charge in [0.15, 0.2) is 0 Å². The average Bonchev–Trinajstić information content (AvgIpc) is 2.99. The van der Waals surface area contributed by atoms with Crippen LogP contribution >= 0.6 is 0 Å². The smallest absolute Gasteiger partial charge is 0.253 e. The Balaban J connectivity index is 2.03. The van der Waals surface area contributed by atoms with Gasteiger partial charge in [-0.25, -0.2) is 4.98 Å². The number of carbonyl (C=O) groups excluding carboxylic acids is 1. The van der Waals surface area contributed by atoms with Crippen LogP contribution in [0.5, 0.6) is 0 Å². The summed E-state index contributed by atoms with van der Waals surface area (Å²) in [5.41, 5.74) is 0.528. The van der Waals surface area contributed by atoms with Gasteiger partial charge in [0.2, 0.25) is 0 Å². The highest BCUT2D eigenvalue weighted by molar-refractivity contribution is 5.94. The number of hydrogen-bond acceptors (Lipinski definition) is 3. The first kappa shape index (κ1) is 16.2. The topological polar surface area (TPSA) is 67.2 Å². The van der Waals surface area contributed by atoms with E-state index in [1.54, 1.807) is 18.3 Å². The maximum atomic E-state index is 12.2. The summed E-state index contributed by atoms with van der Waals surface area (Å²) in [5.74, 6) is 0.546. The van der Waals surface area contributed by atoms with Crippen LogP contribution < -0.4 is 5.32 Å². The summed E-state index contributed by atoms with van der Waals surface area (Å²) in [4.78, 5) is 16.5. The molecule has 0 saturated heterocycles. The molecule has 2 rings (SSSR count). The van der Waals surface area contributed by atoms with Crippen LogP contribution in [0.15, 0.2) is 42.9 Å². The molecule has 118 valence electrons. The molecule has 0 aromatic carbocycles. The average molecular weight is 301 g/mol. The molecule has 5 heteroatoms. The second-order valence-electron chi connectivity index (χ2n) is 6.61. The van der Waals surface area contributed by atoms with Crippen molar-refractivity contribution in [1.82, 2.24) is 14.9 Å². The summed E-state index contributed by atoms with van der Waals surface area (Å²) in [7, 11) is 0. The Kier molecular flexibility index (Phi) is 4.98. The van der Waals surface area contributed by atoms with Crippen molar-refractivity contribution in [3.63, 3.8) is 0 Å². The normalized spacial score (nSPS) is 12.9. The van der Waals surface area contributed by atoms with E-state index in [4.69, 9.17) is 0 Å². The van der Waals surface area contributed by atoms with E-state index < -0.39 is 0 Å². The molecular formula is C17H23N3O2. The lowest BCUT2D eigenvalue weighted by Gasteiger charge is -2.25. The zero-order chi connectivity index (χ0) is 16.2. The molecule has 0 fully saturated rings. The first-order valence-electron chi connectivity index (χ1n) is 7.40. The van der Waals surface area contributed by atoms with Gasteiger partial charge in [0, 0.05) is 18.6 Å². The summed E-state index contributed by atoms with van der Waals surface area (Å²) in [5, 5.41) is 12.3. The van der Waals surface area contributed by atoms with Gasteiger partial charge in [0.1, 0.15) is 5.82 Å². The molecule has 0 bridgehead atoms. The third kappa shape index (κ3) is 4.43. The Morgan fingerprint density at radius 3 is 2.50 bits per heavy atom. The van der Waals surface area contributed by atoms with Crippen molar-refractivity contribution < 1.29 is 9.90 Å². The van der Waals surface area contributed by atoms with E-state index in [1.807, 2.05) is 29.1 Å². The van der Waals surface area contributed by atoms with E-state index in [9.17, 15) is 9.90 Å². The lowest BCUT2D eigenvalue weighted by atomic mass is 9.88. The molecule has 1 unspecified atom stereocenters. The zero-order valence-corrected chi connectivity index (χ0v) is 13.3. The maximum absolute atomic E-state index is 12.2. The monoisotopic (exact) mass is 301 g/mol. The summed E-state index contributed by atoms with van der Waals surface area (Å²) in [6.07, 6.45) is 6.06. The van der Waals surface area contributed by atoms with Gasteiger partial charge in [-0.3, -0.25) is 4.79 Å². The second-order valence-corrected chi connectivity index (χ2v) is 6.61. The predicted octanol–water partition coefficient (Wildman–Crippen LogP) is 2.40. The molecule has 22 heavy (non-hydrogen) atoms. The quantitative estimate of drug-likeness (QED) is 0.891. The van der Waals surface area contributed by atoms with Crippen LogP contribution in [0.1, 0.15) is 37.6 Å². The van der Waals surface area contributed by atoms with E-state index in [2.05, 4.69) is 31.1 Å². The Labute approximate surface area is 131 Å². The van der Waals surface area contributed by atoms with Crippen molar-refractivity contribution in [2.45, 2.75) is 33.2 Å². The molecule has 5 nitrogen and oxygen atoms in total. The van der Waals surface area contributed by atoms with E-state index in [1.165, 1.54) is 0 Å². The van der Waals surface area contributed by atoms with Crippen LogP contribution in [0.4, 0.5) is 0 Å². The molecule has 2 aromatic rings. The third-order valence-corrected chi connectivity index (χ3v) is 3.29. The molecule has 0 aliphatic heterocycles. The number of amides is 1. The summed E-state index contributed by atoms with van der Waals surface area (Å²) >= 11 is 0. The van der Waals surface area contributed by atoms with Gasteiger partial charge in [-0.15, -0.1) is 0 Å². The van der Waals surface area contributed by atoms with Crippen molar-refractivity contribution in [3.05, 3.63) is 48.4 Å². The number of nitrogens with zero attached hydrogens (tertiary/aromatic N) is 2. The molecule has 2 heterocycles. The number of rotatable bonds is 5. The molecule has 0 aliphatic rings. The Bertz CT molecular complexity index is 598. The Morgan fingerprint density at radius 2 is 2.00 bits per heavy atom. The molecular weight excluding hydrogens is 278 g/mol. The van der Waals surface area contributed by atoms with Gasteiger partial charge in [-0.05, 0) is 36.1 Å². The predicted molar refractivity (Wildman–Crippen MR) is 86.0 cm³/mol. The van der Waals surface area contributed by atoms with E-state index in [0.717, 1.165) is 5.82 Å².